The molecule has 0 saturated carbocycles. The average molecular weight is 328 g/mol. The molecule has 0 aliphatic carbocycles. The summed E-state index contributed by atoms with van der Waals surface area (Å²) in [6.07, 6.45) is 0.612. The lowest BCUT2D eigenvalue weighted by molar-refractivity contribution is -0.143. The smallest absolute Gasteiger partial charge is 0.225 e. The Bertz CT molecular complexity index is 411. The summed E-state index contributed by atoms with van der Waals surface area (Å²) in [6.45, 7) is 15.9. The molecule has 1 atom stereocenters. The third-order valence-electron chi connectivity index (χ3n) is 4.40. The molecule has 1 unspecified atom stereocenters. The van der Waals surface area contributed by atoms with E-state index in [4.69, 9.17) is 0 Å². The van der Waals surface area contributed by atoms with Crippen molar-refractivity contribution in [2.24, 2.45) is 11.8 Å². The summed E-state index contributed by atoms with van der Waals surface area (Å²) in [5, 5.41) is 9.41. The molecule has 0 heterocycles. The molecule has 136 valence electrons. The summed E-state index contributed by atoms with van der Waals surface area (Å²) in [5.74, 6) is -0.150. The molecule has 0 rings (SSSR count). The van der Waals surface area contributed by atoms with Gasteiger partial charge in [-0.3, -0.25) is 9.59 Å². The van der Waals surface area contributed by atoms with Crippen LogP contribution in [0.5, 0.6) is 0 Å². The third-order valence-corrected chi connectivity index (χ3v) is 4.40. The molecule has 5 nitrogen and oxygen atoms in total. The van der Waals surface area contributed by atoms with Gasteiger partial charge in [0.1, 0.15) is 0 Å². The van der Waals surface area contributed by atoms with Crippen molar-refractivity contribution in [3.63, 3.8) is 0 Å². The Hall–Kier alpha value is -1.10. The Morgan fingerprint density at radius 3 is 1.83 bits per heavy atom. The van der Waals surface area contributed by atoms with E-state index in [1.165, 1.54) is 0 Å². The molecule has 0 fully saturated rings. The molecule has 0 aliphatic heterocycles. The number of aliphatic hydroxyl groups is 1. The zero-order chi connectivity index (χ0) is 18.6. The fraction of sp³-hybridized carbons (Fsp3) is 0.889. The van der Waals surface area contributed by atoms with Crippen LogP contribution in [-0.2, 0) is 9.59 Å². The van der Waals surface area contributed by atoms with E-state index < -0.39 is 5.54 Å². The molecular weight excluding hydrogens is 292 g/mol. The van der Waals surface area contributed by atoms with Crippen molar-refractivity contribution in [2.45, 2.75) is 72.9 Å². The van der Waals surface area contributed by atoms with Gasteiger partial charge >= 0.3 is 0 Å². The Balaban J connectivity index is 4.92. The van der Waals surface area contributed by atoms with Crippen LogP contribution in [0, 0.1) is 11.8 Å². The second-order valence-corrected chi connectivity index (χ2v) is 8.37. The normalized spacial score (nSPS) is 13.9. The third kappa shape index (κ3) is 6.13. The van der Waals surface area contributed by atoms with Crippen LogP contribution in [0.2, 0.25) is 0 Å². The van der Waals surface area contributed by atoms with Gasteiger partial charge in [0.15, 0.2) is 0 Å². The number of hydrogen-bond acceptors (Lipinski definition) is 3. The van der Waals surface area contributed by atoms with Crippen molar-refractivity contribution in [1.29, 1.82) is 0 Å². The largest absolute Gasteiger partial charge is 0.394 e. The average Bonchev–Trinajstić information content (AvgIpc) is 2.43. The van der Waals surface area contributed by atoms with Crippen LogP contribution < -0.4 is 0 Å². The van der Waals surface area contributed by atoms with Crippen LogP contribution in [0.4, 0.5) is 0 Å². The van der Waals surface area contributed by atoms with Crippen LogP contribution in [0.3, 0.4) is 0 Å². The minimum atomic E-state index is -0.581. The van der Waals surface area contributed by atoms with Crippen molar-refractivity contribution < 1.29 is 14.7 Å². The van der Waals surface area contributed by atoms with E-state index in [0.717, 1.165) is 0 Å². The van der Waals surface area contributed by atoms with Crippen LogP contribution in [-0.4, -0.2) is 58.0 Å². The fourth-order valence-corrected chi connectivity index (χ4v) is 2.27. The first kappa shape index (κ1) is 21.9. The van der Waals surface area contributed by atoms with Crippen LogP contribution in [0.15, 0.2) is 0 Å². The SMILES string of the molecule is CC(C)C(=O)N(CCC(C)C(=O)N(C)C(C)(C)CO)C(C)(C)C. The molecule has 0 aliphatic rings. The Morgan fingerprint density at radius 1 is 1.00 bits per heavy atom. The predicted molar refractivity (Wildman–Crippen MR) is 94.0 cm³/mol. The Labute approximate surface area is 142 Å². The van der Waals surface area contributed by atoms with Crippen LogP contribution in [0.25, 0.3) is 0 Å². The lowest BCUT2D eigenvalue weighted by atomic mass is 9.97. The number of aliphatic hydroxyl groups excluding tert-OH is 1. The van der Waals surface area contributed by atoms with Gasteiger partial charge in [0, 0.05) is 31.0 Å². The molecule has 2 amide bonds. The van der Waals surface area contributed by atoms with Crippen LogP contribution >= 0.6 is 0 Å². The number of carbonyl (C=O) groups excluding carboxylic acids is 2. The number of likely N-dealkylation sites (N-methyl/N-ethyl adjacent to an activating group) is 1. The fourth-order valence-electron chi connectivity index (χ4n) is 2.27. The second-order valence-electron chi connectivity index (χ2n) is 8.37. The first-order valence-corrected chi connectivity index (χ1v) is 8.45. The molecule has 1 N–H and O–H groups in total. The van der Waals surface area contributed by atoms with Gasteiger partial charge in [0.25, 0.3) is 0 Å². The van der Waals surface area contributed by atoms with Crippen molar-refractivity contribution in [1.82, 2.24) is 9.80 Å². The van der Waals surface area contributed by atoms with E-state index in [1.807, 2.05) is 60.3 Å². The number of hydrogen-bond donors (Lipinski definition) is 1. The number of amides is 2. The van der Waals surface area contributed by atoms with Gasteiger partial charge in [-0.1, -0.05) is 20.8 Å². The first-order chi connectivity index (χ1) is 10.3. The van der Waals surface area contributed by atoms with Crippen molar-refractivity contribution in [3.05, 3.63) is 0 Å². The molecule has 0 aromatic carbocycles. The second kappa shape index (κ2) is 8.13. The molecule has 0 aromatic heterocycles. The zero-order valence-corrected chi connectivity index (χ0v) is 16.4. The van der Waals surface area contributed by atoms with Crippen LogP contribution in [0.1, 0.15) is 61.8 Å². The van der Waals surface area contributed by atoms with E-state index >= 15 is 0 Å². The minimum Gasteiger partial charge on any atom is -0.394 e. The summed E-state index contributed by atoms with van der Waals surface area (Å²) in [4.78, 5) is 28.4. The van der Waals surface area contributed by atoms with Gasteiger partial charge in [-0.2, -0.15) is 0 Å². The minimum absolute atomic E-state index is 0.00472. The molecule has 0 saturated heterocycles. The van der Waals surface area contributed by atoms with E-state index in [-0.39, 0.29) is 35.8 Å². The standard InChI is InChI=1S/C18H36N2O3/c1-13(2)15(22)20(17(4,5)6)11-10-14(3)16(23)19(9)18(7,8)12-21/h13-14,21H,10-12H2,1-9H3. The summed E-state index contributed by atoms with van der Waals surface area (Å²) < 4.78 is 0. The molecule has 0 bridgehead atoms. The predicted octanol–water partition coefficient (Wildman–Crippen LogP) is 2.53. The lowest BCUT2D eigenvalue weighted by Gasteiger charge is -2.39. The van der Waals surface area contributed by atoms with Gasteiger partial charge in [0.2, 0.25) is 11.8 Å². The number of carbonyl (C=O) groups is 2. The number of nitrogens with zero attached hydrogens (tertiary/aromatic N) is 2. The first-order valence-electron chi connectivity index (χ1n) is 8.45. The van der Waals surface area contributed by atoms with E-state index in [1.54, 1.807) is 11.9 Å². The van der Waals surface area contributed by atoms with Gasteiger partial charge in [0.05, 0.1) is 12.1 Å². The van der Waals surface area contributed by atoms with Gasteiger partial charge in [-0.05, 0) is 41.0 Å². The topological polar surface area (TPSA) is 60.9 Å². The maximum Gasteiger partial charge on any atom is 0.225 e. The van der Waals surface area contributed by atoms with E-state index in [9.17, 15) is 14.7 Å². The molecule has 5 heteroatoms. The molecule has 23 heavy (non-hydrogen) atoms. The number of rotatable bonds is 7. The highest BCUT2D eigenvalue weighted by atomic mass is 16.3. The van der Waals surface area contributed by atoms with Gasteiger partial charge < -0.3 is 14.9 Å². The van der Waals surface area contributed by atoms with Crippen molar-refractivity contribution in [2.75, 3.05) is 20.2 Å². The summed E-state index contributed by atoms with van der Waals surface area (Å²) >= 11 is 0. The highest BCUT2D eigenvalue weighted by molar-refractivity contribution is 5.80. The van der Waals surface area contributed by atoms with Gasteiger partial charge in [-0.15, -0.1) is 0 Å². The van der Waals surface area contributed by atoms with E-state index in [0.29, 0.717) is 13.0 Å². The zero-order valence-electron chi connectivity index (χ0n) is 16.4. The maximum absolute atomic E-state index is 12.5. The summed E-state index contributed by atoms with van der Waals surface area (Å²) in [7, 11) is 1.72. The monoisotopic (exact) mass is 328 g/mol. The highest BCUT2D eigenvalue weighted by Crippen LogP contribution is 2.21. The van der Waals surface area contributed by atoms with Crippen molar-refractivity contribution >= 4 is 11.8 Å². The van der Waals surface area contributed by atoms with Crippen molar-refractivity contribution in [3.8, 4) is 0 Å². The lowest BCUT2D eigenvalue weighted by Crippen LogP contribution is -2.51. The molecule has 0 aromatic rings. The van der Waals surface area contributed by atoms with E-state index in [2.05, 4.69) is 0 Å². The van der Waals surface area contributed by atoms with Gasteiger partial charge in [-0.25, -0.2) is 0 Å². The highest BCUT2D eigenvalue weighted by Gasteiger charge is 2.32. The molecule has 0 spiro atoms. The quantitative estimate of drug-likeness (QED) is 0.781. The molecular formula is C18H36N2O3. The molecule has 0 radical (unpaired) electrons. The summed E-state index contributed by atoms with van der Waals surface area (Å²) in [5.41, 5.74) is -0.844. The summed E-state index contributed by atoms with van der Waals surface area (Å²) in [6, 6.07) is 0. The Kier molecular flexibility index (Phi) is 7.74. The maximum atomic E-state index is 12.5. The Morgan fingerprint density at radius 2 is 1.48 bits per heavy atom.